The number of aliphatic hydroxyl groups excluding tert-OH is 1. The molecule has 0 saturated carbocycles. The topological polar surface area (TPSA) is 107 Å². The molecular formula is C17H8O7. The van der Waals surface area contributed by atoms with Crippen molar-refractivity contribution in [3.63, 3.8) is 0 Å². The van der Waals surface area contributed by atoms with Gasteiger partial charge < -0.3 is 14.6 Å². The average Bonchev–Trinajstić information content (AvgIpc) is 3.02. The number of aliphatic hydroxyl groups is 1. The number of ether oxygens (including phenoxy) is 2. The Morgan fingerprint density at radius 3 is 1.42 bits per heavy atom. The molecule has 2 aromatic rings. The minimum Gasteiger partial charge on any atom is -0.386 e. The minimum atomic E-state index is -1.16. The van der Waals surface area contributed by atoms with Gasteiger partial charge >= 0.3 is 23.9 Å². The fourth-order valence-corrected chi connectivity index (χ4v) is 2.74. The molecule has 0 atom stereocenters. The van der Waals surface area contributed by atoms with Crippen LogP contribution in [0.4, 0.5) is 0 Å². The molecule has 0 amide bonds. The Hall–Kier alpha value is -3.32. The standard InChI is InChI=1S/C17H8O7/c18-13(7-1-3-9-11(5-7)16(21)23-14(9)19)8-2-4-10-12(6-8)17(22)24-15(10)20/h1-6,13,18H. The number of esters is 4. The van der Waals surface area contributed by atoms with Crippen molar-refractivity contribution in [3.8, 4) is 0 Å². The molecule has 0 fully saturated rings. The Morgan fingerprint density at radius 1 is 0.625 bits per heavy atom. The van der Waals surface area contributed by atoms with Crippen molar-refractivity contribution < 1.29 is 33.8 Å². The zero-order valence-electron chi connectivity index (χ0n) is 11.9. The molecule has 2 aromatic carbocycles. The van der Waals surface area contributed by atoms with Gasteiger partial charge in [0.2, 0.25) is 0 Å². The highest BCUT2D eigenvalue weighted by atomic mass is 16.6. The molecule has 0 aromatic heterocycles. The second-order valence-corrected chi connectivity index (χ2v) is 5.37. The number of rotatable bonds is 2. The highest BCUT2D eigenvalue weighted by Crippen LogP contribution is 2.30. The highest BCUT2D eigenvalue weighted by Gasteiger charge is 2.32. The molecule has 2 aliphatic rings. The summed E-state index contributed by atoms with van der Waals surface area (Å²) >= 11 is 0. The first kappa shape index (κ1) is 14.3. The summed E-state index contributed by atoms with van der Waals surface area (Å²) in [6.07, 6.45) is -1.16. The van der Waals surface area contributed by atoms with E-state index >= 15 is 0 Å². The van der Waals surface area contributed by atoms with Crippen LogP contribution in [0.1, 0.15) is 58.7 Å². The molecule has 0 bridgehead atoms. The van der Waals surface area contributed by atoms with E-state index in [9.17, 15) is 24.3 Å². The lowest BCUT2D eigenvalue weighted by atomic mass is 9.95. The fraction of sp³-hybridized carbons (Fsp3) is 0.0588. The minimum absolute atomic E-state index is 0.0762. The molecular weight excluding hydrogens is 316 g/mol. The lowest BCUT2D eigenvalue weighted by Crippen LogP contribution is -2.04. The normalized spacial score (nSPS) is 15.4. The van der Waals surface area contributed by atoms with Crippen LogP contribution < -0.4 is 0 Å². The van der Waals surface area contributed by atoms with Crippen molar-refractivity contribution in [2.24, 2.45) is 0 Å². The van der Waals surface area contributed by atoms with Crippen LogP contribution in [-0.2, 0) is 9.47 Å². The van der Waals surface area contributed by atoms with Crippen LogP contribution in [0.3, 0.4) is 0 Å². The summed E-state index contributed by atoms with van der Waals surface area (Å²) in [4.78, 5) is 46.1. The van der Waals surface area contributed by atoms with Gasteiger partial charge in [-0.1, -0.05) is 12.1 Å². The first-order valence-corrected chi connectivity index (χ1v) is 6.94. The monoisotopic (exact) mass is 324 g/mol. The van der Waals surface area contributed by atoms with E-state index in [2.05, 4.69) is 9.47 Å². The Morgan fingerprint density at radius 2 is 1.00 bits per heavy atom. The van der Waals surface area contributed by atoms with E-state index < -0.39 is 30.0 Å². The van der Waals surface area contributed by atoms with E-state index in [1.54, 1.807) is 0 Å². The molecule has 7 nitrogen and oxygen atoms in total. The summed E-state index contributed by atoms with van der Waals surface area (Å²) in [5, 5.41) is 10.5. The number of carbonyl (C=O) groups excluding carboxylic acids is 4. The number of carbonyl (C=O) groups is 4. The van der Waals surface area contributed by atoms with E-state index in [-0.39, 0.29) is 22.3 Å². The molecule has 0 saturated heterocycles. The molecule has 2 aliphatic heterocycles. The number of fused-ring (bicyclic) bond motifs is 2. The molecule has 0 radical (unpaired) electrons. The lowest BCUT2D eigenvalue weighted by Gasteiger charge is -2.12. The maximum absolute atomic E-state index is 11.6. The summed E-state index contributed by atoms with van der Waals surface area (Å²) in [5.41, 5.74) is 1.12. The van der Waals surface area contributed by atoms with E-state index in [0.717, 1.165) is 0 Å². The highest BCUT2D eigenvalue weighted by molar-refractivity contribution is 6.15. The maximum Gasteiger partial charge on any atom is 0.346 e. The molecule has 118 valence electrons. The average molecular weight is 324 g/mol. The van der Waals surface area contributed by atoms with Crippen LogP contribution in [0.2, 0.25) is 0 Å². The Balaban J connectivity index is 1.74. The van der Waals surface area contributed by atoms with Gasteiger partial charge in [-0.25, -0.2) is 19.2 Å². The van der Waals surface area contributed by atoms with Crippen molar-refractivity contribution in [2.75, 3.05) is 0 Å². The number of hydrogen-bond acceptors (Lipinski definition) is 7. The van der Waals surface area contributed by atoms with Gasteiger partial charge in [0.15, 0.2) is 0 Å². The van der Waals surface area contributed by atoms with Gasteiger partial charge in [-0.05, 0) is 35.4 Å². The Bertz CT molecular complexity index is 880. The lowest BCUT2D eigenvalue weighted by molar-refractivity contribution is 0.0425. The third-order valence-corrected chi connectivity index (χ3v) is 3.97. The van der Waals surface area contributed by atoms with Gasteiger partial charge in [0.05, 0.1) is 22.3 Å². The SMILES string of the molecule is O=C1OC(=O)c2cc(C(O)c3ccc4c(c3)C(=O)OC4=O)ccc21. The molecule has 0 spiro atoms. The molecule has 0 unspecified atom stereocenters. The first-order valence-electron chi connectivity index (χ1n) is 6.94. The van der Waals surface area contributed by atoms with Crippen LogP contribution in [0.5, 0.6) is 0 Å². The zero-order valence-corrected chi connectivity index (χ0v) is 11.9. The third kappa shape index (κ3) is 1.95. The van der Waals surface area contributed by atoms with E-state index in [0.29, 0.717) is 11.1 Å². The number of benzene rings is 2. The van der Waals surface area contributed by atoms with Gasteiger partial charge in [-0.15, -0.1) is 0 Å². The van der Waals surface area contributed by atoms with Gasteiger partial charge in [-0.3, -0.25) is 0 Å². The summed E-state index contributed by atoms with van der Waals surface area (Å²) < 4.78 is 9.00. The van der Waals surface area contributed by atoms with Crippen LogP contribution in [0.15, 0.2) is 36.4 Å². The molecule has 1 N–H and O–H groups in total. The van der Waals surface area contributed by atoms with Gasteiger partial charge in [-0.2, -0.15) is 0 Å². The Labute approximate surface area is 134 Å². The Kier molecular flexibility index (Phi) is 2.88. The van der Waals surface area contributed by atoms with E-state index in [1.807, 2.05) is 0 Å². The largest absolute Gasteiger partial charge is 0.386 e. The van der Waals surface area contributed by atoms with Crippen molar-refractivity contribution in [3.05, 3.63) is 69.8 Å². The van der Waals surface area contributed by atoms with Gasteiger partial charge in [0, 0.05) is 0 Å². The number of hydrogen-bond donors (Lipinski definition) is 1. The quantitative estimate of drug-likeness (QED) is 0.657. The van der Waals surface area contributed by atoms with Crippen molar-refractivity contribution in [1.82, 2.24) is 0 Å². The summed E-state index contributed by atoms with van der Waals surface area (Å²) in [6.45, 7) is 0. The zero-order chi connectivity index (χ0) is 17.0. The molecule has 24 heavy (non-hydrogen) atoms. The van der Waals surface area contributed by atoms with Gasteiger partial charge in [0.1, 0.15) is 6.10 Å². The molecule has 4 rings (SSSR count). The number of cyclic esters (lactones) is 4. The van der Waals surface area contributed by atoms with Crippen molar-refractivity contribution in [2.45, 2.75) is 6.10 Å². The smallest absolute Gasteiger partial charge is 0.346 e. The summed E-state index contributed by atoms with van der Waals surface area (Å²) in [5.74, 6) is -3.00. The van der Waals surface area contributed by atoms with Crippen LogP contribution in [0.25, 0.3) is 0 Å². The van der Waals surface area contributed by atoms with Crippen molar-refractivity contribution >= 4 is 23.9 Å². The van der Waals surface area contributed by atoms with Gasteiger partial charge in [0.25, 0.3) is 0 Å². The van der Waals surface area contributed by atoms with E-state index in [1.165, 1.54) is 36.4 Å². The van der Waals surface area contributed by atoms with Crippen molar-refractivity contribution in [1.29, 1.82) is 0 Å². The van der Waals surface area contributed by atoms with Crippen LogP contribution >= 0.6 is 0 Å². The molecule has 0 aliphatic carbocycles. The van der Waals surface area contributed by atoms with Crippen LogP contribution in [-0.4, -0.2) is 29.0 Å². The summed E-state index contributed by atoms with van der Waals surface area (Å²) in [7, 11) is 0. The maximum atomic E-state index is 11.6. The second-order valence-electron chi connectivity index (χ2n) is 5.37. The second kappa shape index (κ2) is 4.84. The van der Waals surface area contributed by atoms with E-state index in [4.69, 9.17) is 0 Å². The molecule has 2 heterocycles. The predicted molar refractivity (Wildman–Crippen MR) is 76.4 cm³/mol. The molecule has 7 heteroatoms. The van der Waals surface area contributed by atoms with Crippen LogP contribution in [0, 0.1) is 0 Å². The third-order valence-electron chi connectivity index (χ3n) is 3.97. The predicted octanol–water partition coefficient (Wildman–Crippen LogP) is 1.39. The fourth-order valence-electron chi connectivity index (χ4n) is 2.74. The summed E-state index contributed by atoms with van der Waals surface area (Å²) in [6, 6.07) is 8.49. The first-order chi connectivity index (χ1) is 11.5.